The molecule has 1 fully saturated rings. The highest BCUT2D eigenvalue weighted by atomic mass is 15.0. The number of nitrogens with one attached hydrogen (secondary N) is 1. The Bertz CT molecular complexity index is 140. The number of rotatable bonds is 3. The molecule has 0 aromatic heterocycles. The molecule has 0 aromatic carbocycles. The summed E-state index contributed by atoms with van der Waals surface area (Å²) in [7, 11) is 0. The van der Waals surface area contributed by atoms with E-state index < -0.39 is 0 Å². The van der Waals surface area contributed by atoms with E-state index in [0.717, 1.165) is 12.0 Å². The molecular formula is C11H23N. The molecule has 1 heteroatoms. The number of hydrogen-bond donors (Lipinski definition) is 1. The second-order valence-electron chi connectivity index (χ2n) is 4.84. The van der Waals surface area contributed by atoms with Gasteiger partial charge in [-0.25, -0.2) is 0 Å². The standard InChI is InChI=1S/C11H23N/c1-5-6-7-10-8-9(2)12-11(10,3)4/h9-10,12H,5-8H2,1-4H3/t9-,10+/m1/s1. The van der Waals surface area contributed by atoms with E-state index in [1.54, 1.807) is 0 Å². The quantitative estimate of drug-likeness (QED) is 0.685. The summed E-state index contributed by atoms with van der Waals surface area (Å²) < 4.78 is 0. The second-order valence-corrected chi connectivity index (χ2v) is 4.84. The summed E-state index contributed by atoms with van der Waals surface area (Å²) >= 11 is 0. The van der Waals surface area contributed by atoms with Crippen molar-refractivity contribution in [2.24, 2.45) is 5.92 Å². The average molecular weight is 169 g/mol. The van der Waals surface area contributed by atoms with Crippen LogP contribution in [0.15, 0.2) is 0 Å². The van der Waals surface area contributed by atoms with Crippen molar-refractivity contribution in [1.82, 2.24) is 5.32 Å². The lowest BCUT2D eigenvalue weighted by atomic mass is 9.85. The molecule has 0 unspecified atom stereocenters. The van der Waals surface area contributed by atoms with Gasteiger partial charge in [0.05, 0.1) is 0 Å². The van der Waals surface area contributed by atoms with Crippen molar-refractivity contribution in [3.05, 3.63) is 0 Å². The molecule has 1 nitrogen and oxygen atoms in total. The first kappa shape index (κ1) is 10.0. The van der Waals surface area contributed by atoms with Gasteiger partial charge in [0.2, 0.25) is 0 Å². The molecule has 0 bridgehead atoms. The first-order valence-corrected chi connectivity index (χ1v) is 5.34. The van der Waals surface area contributed by atoms with Crippen LogP contribution in [0.4, 0.5) is 0 Å². The van der Waals surface area contributed by atoms with Crippen molar-refractivity contribution in [2.75, 3.05) is 0 Å². The molecule has 0 amide bonds. The van der Waals surface area contributed by atoms with Crippen molar-refractivity contribution in [1.29, 1.82) is 0 Å². The fourth-order valence-corrected chi connectivity index (χ4v) is 2.46. The van der Waals surface area contributed by atoms with Crippen LogP contribution in [0.2, 0.25) is 0 Å². The Morgan fingerprint density at radius 2 is 2.08 bits per heavy atom. The van der Waals surface area contributed by atoms with Crippen LogP contribution in [0.3, 0.4) is 0 Å². The minimum absolute atomic E-state index is 0.384. The third-order valence-corrected chi connectivity index (χ3v) is 3.18. The van der Waals surface area contributed by atoms with Gasteiger partial charge in [-0.05, 0) is 39.5 Å². The Morgan fingerprint density at radius 3 is 2.50 bits per heavy atom. The van der Waals surface area contributed by atoms with Crippen LogP contribution in [0.5, 0.6) is 0 Å². The van der Waals surface area contributed by atoms with Crippen molar-refractivity contribution < 1.29 is 0 Å². The van der Waals surface area contributed by atoms with Crippen molar-refractivity contribution in [2.45, 2.75) is 65.0 Å². The Labute approximate surface area is 76.9 Å². The van der Waals surface area contributed by atoms with Gasteiger partial charge in [-0.1, -0.05) is 19.8 Å². The molecule has 0 saturated carbocycles. The molecule has 0 aliphatic carbocycles. The lowest BCUT2D eigenvalue weighted by Gasteiger charge is -2.27. The van der Waals surface area contributed by atoms with Crippen LogP contribution in [-0.4, -0.2) is 11.6 Å². The summed E-state index contributed by atoms with van der Waals surface area (Å²) in [6.45, 7) is 9.26. The lowest BCUT2D eigenvalue weighted by molar-refractivity contribution is 0.309. The Hall–Kier alpha value is -0.0400. The van der Waals surface area contributed by atoms with Gasteiger partial charge < -0.3 is 5.32 Å². The van der Waals surface area contributed by atoms with E-state index in [2.05, 4.69) is 33.0 Å². The fourth-order valence-electron chi connectivity index (χ4n) is 2.46. The molecule has 0 radical (unpaired) electrons. The minimum atomic E-state index is 0.384. The van der Waals surface area contributed by atoms with E-state index in [1.165, 1.54) is 25.7 Å². The number of unbranched alkanes of at least 4 members (excludes halogenated alkanes) is 1. The third-order valence-electron chi connectivity index (χ3n) is 3.18. The normalized spacial score (nSPS) is 34.0. The highest BCUT2D eigenvalue weighted by Gasteiger charge is 2.36. The fraction of sp³-hybridized carbons (Fsp3) is 1.00. The van der Waals surface area contributed by atoms with Crippen molar-refractivity contribution in [3.8, 4) is 0 Å². The first-order valence-electron chi connectivity index (χ1n) is 5.34. The van der Waals surface area contributed by atoms with Crippen LogP contribution in [0, 0.1) is 5.92 Å². The Kier molecular flexibility index (Phi) is 3.16. The van der Waals surface area contributed by atoms with E-state index >= 15 is 0 Å². The topological polar surface area (TPSA) is 12.0 Å². The highest BCUT2D eigenvalue weighted by Crippen LogP contribution is 2.33. The van der Waals surface area contributed by atoms with Gasteiger partial charge in [0, 0.05) is 11.6 Å². The zero-order valence-corrected chi connectivity index (χ0v) is 8.98. The molecule has 1 rings (SSSR count). The van der Waals surface area contributed by atoms with Gasteiger partial charge >= 0.3 is 0 Å². The lowest BCUT2D eigenvalue weighted by Crippen LogP contribution is -2.40. The Morgan fingerprint density at radius 1 is 1.42 bits per heavy atom. The first-order chi connectivity index (χ1) is 5.56. The average Bonchev–Trinajstić information content (AvgIpc) is 2.20. The van der Waals surface area contributed by atoms with Crippen molar-refractivity contribution >= 4 is 0 Å². The van der Waals surface area contributed by atoms with Gasteiger partial charge in [0.25, 0.3) is 0 Å². The molecule has 1 heterocycles. The van der Waals surface area contributed by atoms with E-state index in [-0.39, 0.29) is 0 Å². The molecule has 12 heavy (non-hydrogen) atoms. The monoisotopic (exact) mass is 169 g/mol. The highest BCUT2D eigenvalue weighted by molar-refractivity contribution is 4.95. The predicted molar refractivity (Wildman–Crippen MR) is 54.3 cm³/mol. The zero-order chi connectivity index (χ0) is 9.19. The maximum atomic E-state index is 3.65. The summed E-state index contributed by atoms with van der Waals surface area (Å²) in [4.78, 5) is 0. The summed E-state index contributed by atoms with van der Waals surface area (Å²) in [6, 6.07) is 0.724. The Balaban J connectivity index is 2.42. The van der Waals surface area contributed by atoms with E-state index in [4.69, 9.17) is 0 Å². The molecule has 0 aromatic rings. The molecule has 72 valence electrons. The minimum Gasteiger partial charge on any atom is -0.309 e. The molecule has 1 saturated heterocycles. The van der Waals surface area contributed by atoms with E-state index in [9.17, 15) is 0 Å². The maximum absolute atomic E-state index is 3.65. The predicted octanol–water partition coefficient (Wildman–Crippen LogP) is 2.95. The second kappa shape index (κ2) is 3.78. The molecular weight excluding hydrogens is 146 g/mol. The van der Waals surface area contributed by atoms with Crippen LogP contribution < -0.4 is 5.32 Å². The number of hydrogen-bond acceptors (Lipinski definition) is 1. The third kappa shape index (κ3) is 2.22. The van der Waals surface area contributed by atoms with Gasteiger partial charge in [-0.2, -0.15) is 0 Å². The van der Waals surface area contributed by atoms with Crippen LogP contribution in [0.1, 0.15) is 53.4 Å². The van der Waals surface area contributed by atoms with Gasteiger partial charge in [0.15, 0.2) is 0 Å². The molecule has 1 aliphatic rings. The molecule has 0 spiro atoms. The summed E-state index contributed by atoms with van der Waals surface area (Å²) in [6.07, 6.45) is 5.50. The van der Waals surface area contributed by atoms with Gasteiger partial charge in [-0.15, -0.1) is 0 Å². The SMILES string of the molecule is CCCC[C@H]1C[C@@H](C)NC1(C)C. The largest absolute Gasteiger partial charge is 0.309 e. The van der Waals surface area contributed by atoms with Gasteiger partial charge in [-0.3, -0.25) is 0 Å². The zero-order valence-electron chi connectivity index (χ0n) is 8.98. The molecule has 2 atom stereocenters. The molecule has 1 N–H and O–H groups in total. The smallest absolute Gasteiger partial charge is 0.0156 e. The summed E-state index contributed by atoms with van der Waals surface area (Å²) in [5, 5.41) is 3.65. The molecule has 1 aliphatic heterocycles. The maximum Gasteiger partial charge on any atom is 0.0156 e. The summed E-state index contributed by atoms with van der Waals surface area (Å²) in [5.74, 6) is 0.896. The van der Waals surface area contributed by atoms with Crippen LogP contribution in [0.25, 0.3) is 0 Å². The van der Waals surface area contributed by atoms with Crippen molar-refractivity contribution in [3.63, 3.8) is 0 Å². The van der Waals surface area contributed by atoms with E-state index in [1.807, 2.05) is 0 Å². The van der Waals surface area contributed by atoms with E-state index in [0.29, 0.717) is 5.54 Å². The van der Waals surface area contributed by atoms with Gasteiger partial charge in [0.1, 0.15) is 0 Å². The van der Waals surface area contributed by atoms with Crippen LogP contribution in [-0.2, 0) is 0 Å². The van der Waals surface area contributed by atoms with Crippen LogP contribution >= 0.6 is 0 Å². The summed E-state index contributed by atoms with van der Waals surface area (Å²) in [5.41, 5.74) is 0.384.